The van der Waals surface area contributed by atoms with Crippen molar-refractivity contribution in [2.24, 2.45) is 4.99 Å². The van der Waals surface area contributed by atoms with Crippen LogP contribution in [-0.4, -0.2) is 91.1 Å². The highest BCUT2D eigenvalue weighted by Gasteiger charge is 2.30. The van der Waals surface area contributed by atoms with Crippen LogP contribution in [0.3, 0.4) is 0 Å². The zero-order chi connectivity index (χ0) is 21.3. The molecule has 2 aliphatic heterocycles. The summed E-state index contributed by atoms with van der Waals surface area (Å²) >= 11 is 0. The van der Waals surface area contributed by atoms with Crippen LogP contribution in [0.4, 0.5) is 0 Å². The van der Waals surface area contributed by atoms with Gasteiger partial charge in [0.25, 0.3) is 0 Å². The highest BCUT2D eigenvalue weighted by atomic mass is 127. The van der Waals surface area contributed by atoms with Crippen LogP contribution in [0.2, 0.25) is 0 Å². The summed E-state index contributed by atoms with van der Waals surface area (Å²) in [7, 11) is 0. The van der Waals surface area contributed by atoms with Crippen LogP contribution in [0.1, 0.15) is 33.6 Å². The van der Waals surface area contributed by atoms with Gasteiger partial charge in [0.05, 0.1) is 12.6 Å². The Bertz CT molecular complexity index is 688. The Hall–Kier alpha value is -1.55. The Morgan fingerprint density at radius 2 is 1.68 bits per heavy atom. The van der Waals surface area contributed by atoms with Crippen molar-refractivity contribution in [1.29, 1.82) is 0 Å². The molecule has 0 radical (unpaired) electrons. The molecule has 1 aromatic carbocycles. The summed E-state index contributed by atoms with van der Waals surface area (Å²) in [5.41, 5.74) is 0. The van der Waals surface area contributed by atoms with Gasteiger partial charge in [-0.25, -0.2) is 4.99 Å². The van der Waals surface area contributed by atoms with E-state index in [0.717, 1.165) is 70.4 Å². The van der Waals surface area contributed by atoms with Crippen molar-refractivity contribution in [2.45, 2.75) is 45.8 Å². The van der Waals surface area contributed by atoms with Gasteiger partial charge in [0.1, 0.15) is 11.9 Å². The van der Waals surface area contributed by atoms with Crippen LogP contribution >= 0.6 is 24.0 Å². The molecule has 0 saturated carbocycles. The van der Waals surface area contributed by atoms with E-state index in [0.29, 0.717) is 6.54 Å². The molecular weight excluding hydrogens is 505 g/mol. The van der Waals surface area contributed by atoms with Crippen molar-refractivity contribution in [1.82, 2.24) is 20.0 Å². The molecule has 0 aliphatic carbocycles. The van der Waals surface area contributed by atoms with Gasteiger partial charge in [0, 0.05) is 45.8 Å². The molecular formula is C23H38IN5O2. The summed E-state index contributed by atoms with van der Waals surface area (Å²) in [6.45, 7) is 13.0. The van der Waals surface area contributed by atoms with Crippen molar-refractivity contribution in [3.05, 3.63) is 30.3 Å². The number of hydrogen-bond donors (Lipinski definition) is 1. The summed E-state index contributed by atoms with van der Waals surface area (Å²) in [6, 6.07) is 9.83. The van der Waals surface area contributed by atoms with Gasteiger partial charge in [-0.2, -0.15) is 0 Å². The number of guanidine groups is 1. The number of rotatable bonds is 7. The number of hydrogen-bond acceptors (Lipinski definition) is 4. The zero-order valence-corrected chi connectivity index (χ0v) is 21.5. The molecule has 2 aliphatic rings. The van der Waals surface area contributed by atoms with E-state index in [2.05, 4.69) is 29.0 Å². The van der Waals surface area contributed by atoms with Gasteiger partial charge in [-0.3, -0.25) is 9.69 Å². The minimum absolute atomic E-state index is 0. The van der Waals surface area contributed by atoms with E-state index in [1.54, 1.807) is 0 Å². The van der Waals surface area contributed by atoms with Crippen LogP contribution in [0, 0.1) is 0 Å². The Morgan fingerprint density at radius 3 is 2.29 bits per heavy atom. The Labute approximate surface area is 204 Å². The molecule has 3 rings (SSSR count). The molecule has 1 aromatic rings. The van der Waals surface area contributed by atoms with E-state index in [4.69, 9.17) is 9.73 Å². The number of aliphatic imine (C=N–C) groups is 1. The molecule has 174 valence electrons. The molecule has 8 heteroatoms. The van der Waals surface area contributed by atoms with Crippen LogP contribution in [0.15, 0.2) is 35.3 Å². The lowest BCUT2D eigenvalue weighted by molar-refractivity contribution is -0.135. The number of benzene rings is 1. The van der Waals surface area contributed by atoms with Crippen molar-refractivity contribution >= 4 is 35.8 Å². The molecule has 1 amide bonds. The standard InChI is InChI=1S/C23H37N5O2.HI/c1-4-24-23(25-18-19(2)30-21-10-6-5-7-11-21)28-16-14-26(15-17-28)20(3)22(29)27-12-8-9-13-27;/h5-7,10-11,19-20H,4,8-9,12-18H2,1-3H3,(H,24,25);1H. The average molecular weight is 543 g/mol. The SMILES string of the molecule is CCNC(=NCC(C)Oc1ccccc1)N1CCN(C(C)C(=O)N2CCCC2)CC1.I. The Morgan fingerprint density at radius 1 is 1.03 bits per heavy atom. The van der Waals surface area contributed by atoms with E-state index >= 15 is 0 Å². The van der Waals surface area contributed by atoms with Gasteiger partial charge >= 0.3 is 0 Å². The van der Waals surface area contributed by atoms with E-state index < -0.39 is 0 Å². The summed E-state index contributed by atoms with van der Waals surface area (Å²) in [6.07, 6.45) is 2.28. The highest BCUT2D eigenvalue weighted by Crippen LogP contribution is 2.14. The second-order valence-corrected chi connectivity index (χ2v) is 8.17. The monoisotopic (exact) mass is 543 g/mol. The summed E-state index contributed by atoms with van der Waals surface area (Å²) in [5.74, 6) is 2.09. The van der Waals surface area contributed by atoms with Crippen LogP contribution < -0.4 is 10.1 Å². The van der Waals surface area contributed by atoms with Gasteiger partial charge in [-0.15, -0.1) is 24.0 Å². The van der Waals surface area contributed by atoms with Crippen LogP contribution in [-0.2, 0) is 4.79 Å². The molecule has 0 aromatic heterocycles. The lowest BCUT2D eigenvalue weighted by atomic mass is 10.2. The van der Waals surface area contributed by atoms with Gasteiger partial charge in [-0.1, -0.05) is 18.2 Å². The molecule has 31 heavy (non-hydrogen) atoms. The maximum atomic E-state index is 12.7. The lowest BCUT2D eigenvalue weighted by Crippen LogP contribution is -2.57. The number of halogens is 1. The van der Waals surface area contributed by atoms with E-state index in [1.807, 2.05) is 42.2 Å². The van der Waals surface area contributed by atoms with Gasteiger partial charge < -0.3 is 19.9 Å². The number of carbonyl (C=O) groups is 1. The third-order valence-corrected chi connectivity index (χ3v) is 5.85. The second-order valence-electron chi connectivity index (χ2n) is 8.17. The Kier molecular flexibility index (Phi) is 10.9. The minimum Gasteiger partial charge on any atom is -0.489 e. The van der Waals surface area contributed by atoms with Gasteiger partial charge in [0.15, 0.2) is 5.96 Å². The van der Waals surface area contributed by atoms with Crippen molar-refractivity contribution in [2.75, 3.05) is 52.4 Å². The fourth-order valence-electron chi connectivity index (χ4n) is 4.09. The number of nitrogens with zero attached hydrogens (tertiary/aromatic N) is 4. The molecule has 0 bridgehead atoms. The molecule has 2 saturated heterocycles. The number of likely N-dealkylation sites (tertiary alicyclic amines) is 1. The largest absolute Gasteiger partial charge is 0.489 e. The lowest BCUT2D eigenvalue weighted by Gasteiger charge is -2.39. The first kappa shape index (κ1) is 25.7. The molecule has 2 heterocycles. The zero-order valence-electron chi connectivity index (χ0n) is 19.1. The Balaban J connectivity index is 0.00000341. The first-order chi connectivity index (χ1) is 14.6. The maximum absolute atomic E-state index is 12.7. The fraction of sp³-hybridized carbons (Fsp3) is 0.652. The maximum Gasteiger partial charge on any atom is 0.239 e. The topological polar surface area (TPSA) is 60.4 Å². The van der Waals surface area contributed by atoms with Gasteiger partial charge in [-0.05, 0) is 45.7 Å². The predicted octanol–water partition coefficient (Wildman–Crippen LogP) is 2.67. The van der Waals surface area contributed by atoms with E-state index in [-0.39, 0.29) is 42.0 Å². The third-order valence-electron chi connectivity index (χ3n) is 5.85. The van der Waals surface area contributed by atoms with Crippen LogP contribution in [0.25, 0.3) is 0 Å². The fourth-order valence-corrected chi connectivity index (χ4v) is 4.09. The summed E-state index contributed by atoms with van der Waals surface area (Å²) in [5, 5.41) is 3.41. The normalized spacial score (nSPS) is 19.5. The molecule has 2 unspecified atom stereocenters. The first-order valence-electron chi connectivity index (χ1n) is 11.4. The second kappa shape index (κ2) is 13.1. The van der Waals surface area contributed by atoms with E-state index in [9.17, 15) is 4.79 Å². The number of para-hydroxylation sites is 1. The van der Waals surface area contributed by atoms with Crippen LogP contribution in [0.5, 0.6) is 5.75 Å². The average Bonchev–Trinajstić information content (AvgIpc) is 3.31. The first-order valence-corrected chi connectivity index (χ1v) is 11.4. The molecule has 2 fully saturated rings. The van der Waals surface area contributed by atoms with E-state index in [1.165, 1.54) is 0 Å². The minimum atomic E-state index is -0.0379. The highest BCUT2D eigenvalue weighted by molar-refractivity contribution is 14.0. The molecule has 1 N–H and O–H groups in total. The molecule has 2 atom stereocenters. The quantitative estimate of drug-likeness (QED) is 0.326. The number of ether oxygens (including phenoxy) is 1. The number of nitrogens with one attached hydrogen (secondary N) is 1. The predicted molar refractivity (Wildman–Crippen MR) is 136 cm³/mol. The summed E-state index contributed by atoms with van der Waals surface area (Å²) in [4.78, 5) is 24.2. The van der Waals surface area contributed by atoms with Crippen molar-refractivity contribution in [3.63, 3.8) is 0 Å². The summed E-state index contributed by atoms with van der Waals surface area (Å²) < 4.78 is 5.95. The number of piperazine rings is 1. The molecule has 7 nitrogen and oxygen atoms in total. The number of carbonyl (C=O) groups excluding carboxylic acids is 1. The molecule has 0 spiro atoms. The van der Waals surface area contributed by atoms with Gasteiger partial charge in [0.2, 0.25) is 5.91 Å². The third kappa shape index (κ3) is 7.52. The van der Waals surface area contributed by atoms with Crippen molar-refractivity contribution in [3.8, 4) is 5.75 Å². The van der Waals surface area contributed by atoms with Crippen molar-refractivity contribution < 1.29 is 9.53 Å². The smallest absolute Gasteiger partial charge is 0.239 e. The number of amides is 1.